The molecule has 0 radical (unpaired) electrons. The van der Waals surface area contributed by atoms with Crippen molar-refractivity contribution in [3.05, 3.63) is 54.4 Å². The summed E-state index contributed by atoms with van der Waals surface area (Å²) < 4.78 is 5.32. The van der Waals surface area contributed by atoms with Crippen molar-refractivity contribution in [2.75, 3.05) is 0 Å². The van der Waals surface area contributed by atoms with Gasteiger partial charge < -0.3 is 4.74 Å². The molecular weight excluding hydrogens is 290 g/mol. The van der Waals surface area contributed by atoms with Crippen LogP contribution in [0.1, 0.15) is 44.0 Å². The lowest BCUT2D eigenvalue weighted by Crippen LogP contribution is -2.28. The highest BCUT2D eigenvalue weighted by atomic mass is 16.6. The third kappa shape index (κ3) is 4.74. The Balaban J connectivity index is 2.10. The van der Waals surface area contributed by atoms with Crippen molar-refractivity contribution in [2.24, 2.45) is 0 Å². The van der Waals surface area contributed by atoms with E-state index in [1.165, 1.54) is 0 Å². The van der Waals surface area contributed by atoms with Crippen LogP contribution in [0.4, 0.5) is 0 Å². The molecule has 1 heterocycles. The maximum Gasteiger partial charge on any atom is 0.314 e. The molecule has 4 nitrogen and oxygen atoms in total. The van der Waals surface area contributed by atoms with Gasteiger partial charge in [-0.2, -0.15) is 0 Å². The molecule has 0 bridgehead atoms. The number of nitrogens with zero attached hydrogens (tertiary/aromatic N) is 1. The maximum absolute atomic E-state index is 12.3. The summed E-state index contributed by atoms with van der Waals surface area (Å²) >= 11 is 0. The molecule has 0 aliphatic rings. The summed E-state index contributed by atoms with van der Waals surface area (Å²) in [6, 6.07) is 11.0. The first-order chi connectivity index (χ1) is 10.9. The number of carbonyl (C=O) groups is 2. The average Bonchev–Trinajstić information content (AvgIpc) is 2.55. The molecule has 0 atom stereocenters. The van der Waals surface area contributed by atoms with E-state index in [4.69, 9.17) is 4.74 Å². The van der Waals surface area contributed by atoms with E-state index in [2.05, 4.69) is 4.98 Å². The summed E-state index contributed by atoms with van der Waals surface area (Å²) in [5.74, 6) is -0.735. The number of hydrogen-bond donors (Lipinski definition) is 0. The molecule has 4 heteroatoms. The Labute approximate surface area is 136 Å². The minimum atomic E-state index is -0.547. The largest absolute Gasteiger partial charge is 0.459 e. The predicted molar refractivity (Wildman–Crippen MR) is 89.1 cm³/mol. The zero-order valence-corrected chi connectivity index (χ0v) is 13.7. The average molecular weight is 311 g/mol. The standard InChI is InChI=1S/C19H21NO3/c1-4-19(2,3)23-18(22)12-17(21)15-8-5-7-14(11-15)16-9-6-10-20-13-16/h5-11,13H,4,12H2,1-3H3. The first-order valence-electron chi connectivity index (χ1n) is 7.67. The number of Topliss-reactive ketones (excluding diaryl/α,β-unsaturated/α-hetero) is 1. The molecular formula is C19H21NO3. The second-order valence-electron chi connectivity index (χ2n) is 6.01. The minimum absolute atomic E-state index is 0.243. The van der Waals surface area contributed by atoms with E-state index in [0.717, 1.165) is 11.1 Å². The van der Waals surface area contributed by atoms with Gasteiger partial charge in [0.1, 0.15) is 12.0 Å². The third-order valence-corrected chi connectivity index (χ3v) is 3.73. The Hall–Kier alpha value is -2.49. The van der Waals surface area contributed by atoms with E-state index < -0.39 is 11.6 Å². The third-order valence-electron chi connectivity index (χ3n) is 3.73. The van der Waals surface area contributed by atoms with Gasteiger partial charge in [-0.05, 0) is 38.0 Å². The predicted octanol–water partition coefficient (Wildman–Crippen LogP) is 4.05. The Morgan fingerprint density at radius 2 is 1.87 bits per heavy atom. The molecule has 1 aromatic heterocycles. The molecule has 0 saturated heterocycles. The lowest BCUT2D eigenvalue weighted by molar-refractivity contribution is -0.155. The number of aromatic nitrogens is 1. The molecule has 0 spiro atoms. The highest BCUT2D eigenvalue weighted by Gasteiger charge is 2.22. The smallest absolute Gasteiger partial charge is 0.314 e. The Morgan fingerprint density at radius 1 is 1.13 bits per heavy atom. The topological polar surface area (TPSA) is 56.3 Å². The molecule has 1 aromatic carbocycles. The van der Waals surface area contributed by atoms with Crippen LogP contribution in [0.2, 0.25) is 0 Å². The van der Waals surface area contributed by atoms with E-state index in [0.29, 0.717) is 12.0 Å². The van der Waals surface area contributed by atoms with Crippen LogP contribution in [-0.2, 0) is 9.53 Å². The number of pyridine rings is 1. The molecule has 2 aromatic rings. The van der Waals surface area contributed by atoms with E-state index in [-0.39, 0.29) is 12.2 Å². The number of esters is 1. The first-order valence-corrected chi connectivity index (χ1v) is 7.67. The molecule has 120 valence electrons. The normalized spacial score (nSPS) is 11.1. The van der Waals surface area contributed by atoms with Crippen molar-refractivity contribution in [1.29, 1.82) is 0 Å². The molecule has 2 rings (SSSR count). The van der Waals surface area contributed by atoms with Crippen molar-refractivity contribution in [3.63, 3.8) is 0 Å². The van der Waals surface area contributed by atoms with Crippen LogP contribution in [-0.4, -0.2) is 22.3 Å². The molecule has 0 N–H and O–H groups in total. The van der Waals surface area contributed by atoms with Crippen molar-refractivity contribution in [2.45, 2.75) is 39.2 Å². The van der Waals surface area contributed by atoms with Gasteiger partial charge in [-0.3, -0.25) is 14.6 Å². The van der Waals surface area contributed by atoms with Gasteiger partial charge in [0.05, 0.1) is 0 Å². The quantitative estimate of drug-likeness (QED) is 0.459. The SMILES string of the molecule is CCC(C)(C)OC(=O)CC(=O)c1cccc(-c2cccnc2)c1. The number of rotatable bonds is 6. The summed E-state index contributed by atoms with van der Waals surface area (Å²) in [6.07, 6.45) is 3.88. The highest BCUT2D eigenvalue weighted by Crippen LogP contribution is 2.20. The van der Waals surface area contributed by atoms with Crippen molar-refractivity contribution < 1.29 is 14.3 Å². The van der Waals surface area contributed by atoms with Gasteiger partial charge in [-0.1, -0.05) is 31.2 Å². The van der Waals surface area contributed by atoms with Crippen LogP contribution in [0.3, 0.4) is 0 Å². The zero-order chi connectivity index (χ0) is 16.9. The summed E-state index contributed by atoms with van der Waals surface area (Å²) in [5, 5.41) is 0. The summed E-state index contributed by atoms with van der Waals surface area (Å²) in [4.78, 5) is 28.3. The van der Waals surface area contributed by atoms with E-state index in [1.807, 2.05) is 39.0 Å². The number of hydrogen-bond acceptors (Lipinski definition) is 4. The summed E-state index contributed by atoms with van der Waals surface area (Å²) in [7, 11) is 0. The Morgan fingerprint density at radius 3 is 2.52 bits per heavy atom. The molecule has 0 amide bonds. The summed E-state index contributed by atoms with van der Waals surface area (Å²) in [5.41, 5.74) is 1.77. The van der Waals surface area contributed by atoms with Gasteiger partial charge in [-0.15, -0.1) is 0 Å². The Bertz CT molecular complexity index is 693. The molecule has 0 aliphatic carbocycles. The fourth-order valence-corrected chi connectivity index (χ4v) is 2.06. The van der Waals surface area contributed by atoms with Gasteiger partial charge >= 0.3 is 5.97 Å². The lowest BCUT2D eigenvalue weighted by atomic mass is 10.0. The molecule has 0 saturated carbocycles. The first kappa shape index (κ1) is 16.9. The number of benzene rings is 1. The minimum Gasteiger partial charge on any atom is -0.459 e. The fraction of sp³-hybridized carbons (Fsp3) is 0.316. The van der Waals surface area contributed by atoms with E-state index in [1.54, 1.807) is 30.6 Å². The monoisotopic (exact) mass is 311 g/mol. The van der Waals surface area contributed by atoms with Crippen molar-refractivity contribution >= 4 is 11.8 Å². The maximum atomic E-state index is 12.3. The number of carbonyl (C=O) groups excluding carboxylic acids is 2. The lowest BCUT2D eigenvalue weighted by Gasteiger charge is -2.23. The van der Waals surface area contributed by atoms with Gasteiger partial charge in [0.25, 0.3) is 0 Å². The molecule has 0 aliphatic heterocycles. The van der Waals surface area contributed by atoms with Gasteiger partial charge in [0.15, 0.2) is 5.78 Å². The molecule has 0 fully saturated rings. The Kier molecular flexibility index (Phi) is 5.27. The number of ketones is 1. The van der Waals surface area contributed by atoms with Crippen molar-refractivity contribution in [3.8, 4) is 11.1 Å². The fourth-order valence-electron chi connectivity index (χ4n) is 2.06. The van der Waals surface area contributed by atoms with Gasteiger partial charge in [0.2, 0.25) is 0 Å². The van der Waals surface area contributed by atoms with Gasteiger partial charge in [0, 0.05) is 23.5 Å². The van der Waals surface area contributed by atoms with Crippen LogP contribution in [0.5, 0.6) is 0 Å². The van der Waals surface area contributed by atoms with Crippen LogP contribution in [0.25, 0.3) is 11.1 Å². The van der Waals surface area contributed by atoms with E-state index >= 15 is 0 Å². The van der Waals surface area contributed by atoms with Crippen LogP contribution in [0, 0.1) is 0 Å². The van der Waals surface area contributed by atoms with Crippen LogP contribution in [0.15, 0.2) is 48.8 Å². The summed E-state index contributed by atoms with van der Waals surface area (Å²) in [6.45, 7) is 5.60. The van der Waals surface area contributed by atoms with Crippen LogP contribution >= 0.6 is 0 Å². The second kappa shape index (κ2) is 7.18. The zero-order valence-electron chi connectivity index (χ0n) is 13.7. The van der Waals surface area contributed by atoms with Crippen molar-refractivity contribution in [1.82, 2.24) is 4.98 Å². The molecule has 0 unspecified atom stereocenters. The second-order valence-corrected chi connectivity index (χ2v) is 6.01. The number of ether oxygens (including phenoxy) is 1. The molecule has 23 heavy (non-hydrogen) atoms. The highest BCUT2D eigenvalue weighted by molar-refractivity contribution is 6.06. The van der Waals surface area contributed by atoms with E-state index in [9.17, 15) is 9.59 Å². The van der Waals surface area contributed by atoms with Crippen LogP contribution < -0.4 is 0 Å². The van der Waals surface area contributed by atoms with Gasteiger partial charge in [-0.25, -0.2) is 0 Å².